The molecule has 4 nitrogen and oxygen atoms in total. The average molecular weight is 242 g/mol. The van der Waals surface area contributed by atoms with E-state index in [-0.39, 0.29) is 6.04 Å². The zero-order valence-corrected chi connectivity index (χ0v) is 10.1. The van der Waals surface area contributed by atoms with Gasteiger partial charge in [0.25, 0.3) is 0 Å². The van der Waals surface area contributed by atoms with Crippen LogP contribution < -0.4 is 14.8 Å². The Labute approximate surface area is 106 Å². The van der Waals surface area contributed by atoms with E-state index in [0.29, 0.717) is 6.61 Å². The lowest BCUT2D eigenvalue weighted by atomic mass is 10.1. The summed E-state index contributed by atoms with van der Waals surface area (Å²) in [6.07, 6.45) is 1.70. The SMILES string of the molecule is COc1ccc(NC2COc3ccccc32)nc1. The van der Waals surface area contributed by atoms with Gasteiger partial charge in [0.15, 0.2) is 0 Å². The summed E-state index contributed by atoms with van der Waals surface area (Å²) in [7, 11) is 1.63. The molecule has 0 radical (unpaired) electrons. The standard InChI is InChI=1S/C14H14N2O2/c1-17-10-6-7-14(15-8-10)16-12-9-18-13-5-3-2-4-11(12)13/h2-8,12H,9H2,1H3,(H,15,16). The first-order chi connectivity index (χ1) is 8.86. The molecule has 2 heterocycles. The summed E-state index contributed by atoms with van der Waals surface area (Å²) < 4.78 is 10.7. The number of rotatable bonds is 3. The fourth-order valence-corrected chi connectivity index (χ4v) is 2.05. The van der Waals surface area contributed by atoms with Crippen molar-refractivity contribution in [3.8, 4) is 11.5 Å². The number of hydrogen-bond acceptors (Lipinski definition) is 4. The first-order valence-corrected chi connectivity index (χ1v) is 5.85. The molecule has 1 aromatic heterocycles. The van der Waals surface area contributed by atoms with Gasteiger partial charge in [-0.15, -0.1) is 0 Å². The van der Waals surface area contributed by atoms with Crippen LogP contribution in [-0.4, -0.2) is 18.7 Å². The lowest BCUT2D eigenvalue weighted by molar-refractivity contribution is 0.339. The minimum Gasteiger partial charge on any atom is -0.495 e. The smallest absolute Gasteiger partial charge is 0.137 e. The van der Waals surface area contributed by atoms with Crippen molar-refractivity contribution in [2.75, 3.05) is 19.0 Å². The molecule has 0 saturated heterocycles. The first-order valence-electron chi connectivity index (χ1n) is 5.85. The van der Waals surface area contributed by atoms with Gasteiger partial charge in [0.2, 0.25) is 0 Å². The van der Waals surface area contributed by atoms with Gasteiger partial charge < -0.3 is 14.8 Å². The number of methoxy groups -OCH3 is 1. The molecular weight excluding hydrogens is 228 g/mol. The molecule has 2 aromatic rings. The molecule has 1 aromatic carbocycles. The number of para-hydroxylation sites is 1. The molecule has 0 saturated carbocycles. The predicted molar refractivity (Wildman–Crippen MR) is 69.1 cm³/mol. The Hall–Kier alpha value is -2.23. The molecule has 1 aliphatic heterocycles. The van der Waals surface area contributed by atoms with Crippen molar-refractivity contribution in [1.82, 2.24) is 4.98 Å². The fourth-order valence-electron chi connectivity index (χ4n) is 2.05. The van der Waals surface area contributed by atoms with Crippen molar-refractivity contribution >= 4 is 5.82 Å². The summed E-state index contributed by atoms with van der Waals surface area (Å²) in [6, 6.07) is 12.0. The van der Waals surface area contributed by atoms with Crippen molar-refractivity contribution in [3.05, 3.63) is 48.2 Å². The highest BCUT2D eigenvalue weighted by atomic mass is 16.5. The van der Waals surface area contributed by atoms with Gasteiger partial charge in [0.1, 0.15) is 23.9 Å². The minimum absolute atomic E-state index is 0.155. The molecule has 18 heavy (non-hydrogen) atoms. The average Bonchev–Trinajstić information content (AvgIpc) is 2.83. The third-order valence-electron chi connectivity index (χ3n) is 2.99. The van der Waals surface area contributed by atoms with E-state index in [4.69, 9.17) is 9.47 Å². The number of ether oxygens (including phenoxy) is 2. The molecule has 3 rings (SSSR count). The highest BCUT2D eigenvalue weighted by Crippen LogP contribution is 2.33. The van der Waals surface area contributed by atoms with Crippen LogP contribution in [0.5, 0.6) is 11.5 Å². The zero-order chi connectivity index (χ0) is 12.4. The number of fused-ring (bicyclic) bond motifs is 1. The maximum Gasteiger partial charge on any atom is 0.137 e. The minimum atomic E-state index is 0.155. The Morgan fingerprint density at radius 3 is 2.94 bits per heavy atom. The quantitative estimate of drug-likeness (QED) is 0.898. The monoisotopic (exact) mass is 242 g/mol. The maximum absolute atomic E-state index is 5.61. The molecule has 1 N–H and O–H groups in total. The van der Waals surface area contributed by atoms with Gasteiger partial charge in [0.05, 0.1) is 19.3 Å². The molecule has 92 valence electrons. The van der Waals surface area contributed by atoms with E-state index in [0.717, 1.165) is 17.3 Å². The lowest BCUT2D eigenvalue weighted by Gasteiger charge is -2.12. The largest absolute Gasteiger partial charge is 0.495 e. The van der Waals surface area contributed by atoms with Crippen LogP contribution in [0.15, 0.2) is 42.6 Å². The molecule has 0 fully saturated rings. The summed E-state index contributed by atoms with van der Waals surface area (Å²) >= 11 is 0. The molecule has 0 aliphatic carbocycles. The predicted octanol–water partition coefficient (Wildman–Crippen LogP) is 2.64. The Morgan fingerprint density at radius 2 is 2.17 bits per heavy atom. The van der Waals surface area contributed by atoms with Gasteiger partial charge in [0, 0.05) is 5.56 Å². The van der Waals surface area contributed by atoms with Crippen LogP contribution in [-0.2, 0) is 0 Å². The second-order valence-electron chi connectivity index (χ2n) is 4.13. The van der Waals surface area contributed by atoms with Crippen LogP contribution in [0, 0.1) is 0 Å². The van der Waals surface area contributed by atoms with E-state index in [1.165, 1.54) is 5.56 Å². The molecule has 0 spiro atoms. The van der Waals surface area contributed by atoms with Crippen molar-refractivity contribution in [2.45, 2.75) is 6.04 Å². The summed E-state index contributed by atoms with van der Waals surface area (Å²) in [6.45, 7) is 0.632. The van der Waals surface area contributed by atoms with E-state index >= 15 is 0 Å². The number of anilines is 1. The van der Waals surface area contributed by atoms with E-state index in [1.807, 2.05) is 30.3 Å². The molecule has 0 amide bonds. The highest BCUT2D eigenvalue weighted by Gasteiger charge is 2.23. The highest BCUT2D eigenvalue weighted by molar-refractivity contribution is 5.46. The summed E-state index contributed by atoms with van der Waals surface area (Å²) in [5, 5.41) is 3.36. The second kappa shape index (κ2) is 4.56. The van der Waals surface area contributed by atoms with Crippen molar-refractivity contribution in [3.63, 3.8) is 0 Å². The van der Waals surface area contributed by atoms with Crippen LogP contribution >= 0.6 is 0 Å². The first kappa shape index (κ1) is 10.9. The number of nitrogens with zero attached hydrogens (tertiary/aromatic N) is 1. The Bertz CT molecular complexity index is 540. The number of hydrogen-bond donors (Lipinski definition) is 1. The third-order valence-corrected chi connectivity index (χ3v) is 2.99. The molecule has 1 aliphatic rings. The summed E-state index contributed by atoms with van der Waals surface area (Å²) in [5.74, 6) is 2.52. The fraction of sp³-hybridized carbons (Fsp3) is 0.214. The number of pyridine rings is 1. The zero-order valence-electron chi connectivity index (χ0n) is 10.1. The summed E-state index contributed by atoms with van der Waals surface area (Å²) in [5.41, 5.74) is 1.18. The van der Waals surface area contributed by atoms with Crippen LogP contribution in [0.2, 0.25) is 0 Å². The van der Waals surface area contributed by atoms with Gasteiger partial charge in [-0.25, -0.2) is 4.98 Å². The Morgan fingerprint density at radius 1 is 1.28 bits per heavy atom. The van der Waals surface area contributed by atoms with Gasteiger partial charge in [-0.05, 0) is 18.2 Å². The summed E-state index contributed by atoms with van der Waals surface area (Å²) in [4.78, 5) is 4.29. The molecular formula is C14H14N2O2. The topological polar surface area (TPSA) is 43.4 Å². The van der Waals surface area contributed by atoms with Crippen molar-refractivity contribution < 1.29 is 9.47 Å². The second-order valence-corrected chi connectivity index (χ2v) is 4.13. The van der Waals surface area contributed by atoms with Gasteiger partial charge in [-0.3, -0.25) is 0 Å². The van der Waals surface area contributed by atoms with E-state index in [9.17, 15) is 0 Å². The lowest BCUT2D eigenvalue weighted by Crippen LogP contribution is -2.12. The van der Waals surface area contributed by atoms with Gasteiger partial charge >= 0.3 is 0 Å². The Kier molecular flexibility index (Phi) is 2.76. The molecule has 1 atom stereocenters. The van der Waals surface area contributed by atoms with Gasteiger partial charge in [-0.1, -0.05) is 18.2 Å². The van der Waals surface area contributed by atoms with Crippen LogP contribution in [0.25, 0.3) is 0 Å². The van der Waals surface area contributed by atoms with Crippen LogP contribution in [0.3, 0.4) is 0 Å². The van der Waals surface area contributed by atoms with E-state index in [2.05, 4.69) is 16.4 Å². The van der Waals surface area contributed by atoms with Crippen LogP contribution in [0.4, 0.5) is 5.82 Å². The van der Waals surface area contributed by atoms with Gasteiger partial charge in [-0.2, -0.15) is 0 Å². The molecule has 4 heteroatoms. The number of benzene rings is 1. The van der Waals surface area contributed by atoms with Crippen LogP contribution in [0.1, 0.15) is 11.6 Å². The number of aromatic nitrogens is 1. The van der Waals surface area contributed by atoms with E-state index in [1.54, 1.807) is 13.3 Å². The third kappa shape index (κ3) is 1.97. The van der Waals surface area contributed by atoms with Crippen molar-refractivity contribution in [1.29, 1.82) is 0 Å². The normalized spacial score (nSPS) is 16.8. The molecule has 0 bridgehead atoms. The van der Waals surface area contributed by atoms with E-state index < -0.39 is 0 Å². The number of nitrogens with one attached hydrogen (secondary N) is 1. The maximum atomic E-state index is 5.61. The Balaban J connectivity index is 1.77. The molecule has 1 unspecified atom stereocenters. The van der Waals surface area contributed by atoms with Crippen molar-refractivity contribution in [2.24, 2.45) is 0 Å².